The van der Waals surface area contributed by atoms with Crippen molar-refractivity contribution in [1.29, 1.82) is 0 Å². The summed E-state index contributed by atoms with van der Waals surface area (Å²) in [4.78, 5) is 0. The summed E-state index contributed by atoms with van der Waals surface area (Å²) in [6.45, 7) is 0. The van der Waals surface area contributed by atoms with Gasteiger partial charge in [0.15, 0.2) is 0 Å². The molecule has 0 rings (SSSR count). The Morgan fingerprint density at radius 3 is 0.686 bits per heavy atom. The van der Waals surface area contributed by atoms with Crippen LogP contribution in [0.4, 0.5) is 0 Å². The third kappa shape index (κ3) is 11.0. The molecule has 0 saturated heterocycles. The molecule has 0 aromatic carbocycles. The van der Waals surface area contributed by atoms with Crippen molar-refractivity contribution in [2.45, 2.75) is 0 Å². The minimum atomic E-state index is -1.10. The summed E-state index contributed by atoms with van der Waals surface area (Å²) >= 11 is 0. The highest BCUT2D eigenvalue weighted by molar-refractivity contribution is 8.24. The van der Waals surface area contributed by atoms with Crippen LogP contribution in [0.1, 0.15) is 0 Å². The molecule has 0 amide bonds. The lowest BCUT2D eigenvalue weighted by Crippen LogP contribution is -2.85. The lowest BCUT2D eigenvalue weighted by molar-refractivity contribution is 3.29. The molecule has 0 nitrogen and oxygen atoms in total. The molecule has 35 heavy (non-hydrogen) atoms. The third-order valence-corrected chi connectivity index (χ3v) is 6.67. The van der Waals surface area contributed by atoms with Gasteiger partial charge in [-0.2, -0.15) is 0 Å². The van der Waals surface area contributed by atoms with Crippen LogP contribution in [0.25, 0.3) is 0 Å². The molecule has 0 bridgehead atoms. The fraction of sp³-hybridized carbons (Fsp3) is 0. The van der Waals surface area contributed by atoms with E-state index in [2.05, 4.69) is 0 Å². The summed E-state index contributed by atoms with van der Waals surface area (Å²) in [6, 6.07) is 0. The Balaban J connectivity index is 7.15. The van der Waals surface area contributed by atoms with Crippen LogP contribution in [0.2, 0.25) is 0 Å². The molecule has 0 unspecified atom stereocenters. The highest BCUT2D eigenvalue weighted by atomic mass is 13.3. The normalized spacial score (nSPS) is 9.51. The van der Waals surface area contributed by atoms with Gasteiger partial charge in [0.2, 0.25) is 0 Å². The first-order valence-electron chi connectivity index (χ1n) is 11.3. The molecular weight excluding hydrogens is 378 g/mol. The van der Waals surface area contributed by atoms with E-state index in [0.717, 1.165) is 0 Å². The van der Waals surface area contributed by atoms with E-state index in [-0.39, 0.29) is 0 Å². The predicted octanol–water partition coefficient (Wildman–Crippen LogP) is -13.3. The second-order valence-electron chi connectivity index (χ2n) is 9.43. The first kappa shape index (κ1) is 37.3. The molecule has 35 heteroatoms. The largest absolute Gasteiger partial charge is 0.687 e. The number of rotatable bonds is 16. The first-order chi connectivity index (χ1) is 15.9. The predicted molar refractivity (Wildman–Crippen MR) is 201 cm³/mol. The van der Waals surface area contributed by atoms with Gasteiger partial charge in [0, 0.05) is 0 Å². The van der Waals surface area contributed by atoms with Crippen molar-refractivity contribution in [3.8, 4) is 0 Å². The van der Waals surface area contributed by atoms with Crippen LogP contribution in [0.15, 0.2) is 0 Å². The fourth-order valence-corrected chi connectivity index (χ4v) is 5.13. The van der Waals surface area contributed by atoms with E-state index in [9.17, 15) is 0 Å². The van der Waals surface area contributed by atoms with Crippen LogP contribution in [-0.4, -0.2) is 248 Å². The lowest BCUT2D eigenvalue weighted by atomic mass is 8.34. The van der Waals surface area contributed by atoms with Crippen molar-refractivity contribution in [2.24, 2.45) is 0 Å². The average molecular weight is 378 g/mol. The van der Waals surface area contributed by atoms with Crippen molar-refractivity contribution in [3.05, 3.63) is 0 Å². The first-order valence-corrected chi connectivity index (χ1v) is 11.3. The maximum absolute atomic E-state index is 6.19. The fourth-order valence-electron chi connectivity index (χ4n) is 5.13. The van der Waals surface area contributed by atoms with Gasteiger partial charge >= 0.3 is 0 Å². The zero-order valence-electron chi connectivity index (χ0n) is 20.2. The van der Waals surface area contributed by atoms with Crippen LogP contribution in [-0.2, 0) is 0 Å². The van der Waals surface area contributed by atoms with Crippen molar-refractivity contribution in [1.82, 2.24) is 0 Å². The summed E-state index contributed by atoms with van der Waals surface area (Å²) in [5, 5.41) is 0. The van der Waals surface area contributed by atoms with Gasteiger partial charge in [0.25, 0.3) is 0 Å². The molecule has 0 aromatic heterocycles. The highest BCUT2D eigenvalue weighted by Gasteiger charge is 2.48. The summed E-state index contributed by atoms with van der Waals surface area (Å²) < 4.78 is 0. The van der Waals surface area contributed by atoms with Gasteiger partial charge < -0.3 is 7.74 Å². The van der Waals surface area contributed by atoms with Gasteiger partial charge in [-0.3, -0.25) is 0 Å². The molecule has 0 aliphatic carbocycles. The van der Waals surface area contributed by atoms with Crippen LogP contribution < -0.4 is 0 Å². The molecule has 106 valence electrons. The molecule has 0 saturated carbocycles. The third-order valence-electron chi connectivity index (χ3n) is 6.67. The molecule has 0 atom stereocenters. The van der Waals surface area contributed by atoms with Crippen molar-refractivity contribution < 1.29 is 0 Å². The topological polar surface area (TPSA) is 0 Å². The van der Waals surface area contributed by atoms with Crippen LogP contribution in [0.5, 0.6) is 0 Å². The van der Waals surface area contributed by atoms with E-state index in [4.69, 9.17) is 139 Å². The standard InChI is InChI=1S/B35/c1-20(2)31(21(3)4)29(32(22(5)6)23(7)8)19-30(33(24(9)10)25(11)12)35(28(17)18)34(26(13)14)27(15)16/q-1. The molecular formula is B35-. The molecule has 0 aromatic rings. The van der Waals surface area contributed by atoms with Crippen LogP contribution >= 0.6 is 0 Å². The molecule has 0 spiro atoms. The van der Waals surface area contributed by atoms with E-state index < -0.39 is 102 Å². The maximum Gasteiger partial charge on any atom is -0.0000000000000000739 e. The smallest absolute Gasteiger partial charge is 0.0000000000000000739 e. The second kappa shape index (κ2) is 17.2. The Hall–Kier alpha value is 2.27. The number of hydrogen-bond acceptors (Lipinski definition) is 0. The van der Waals surface area contributed by atoms with E-state index in [0.29, 0.717) is 0 Å². The maximum atomic E-state index is 6.19. The van der Waals surface area contributed by atoms with Crippen LogP contribution in [0, 0.1) is 0 Å². The van der Waals surface area contributed by atoms with Gasteiger partial charge in [-0.1, -0.05) is 0 Å². The number of hydrogen-bond donors (Lipinski definition) is 0. The Morgan fingerprint density at radius 2 is 0.514 bits per heavy atom. The van der Waals surface area contributed by atoms with Crippen molar-refractivity contribution in [3.63, 3.8) is 0 Å². The monoisotopic (exact) mass is 385 g/mol. The second-order valence-corrected chi connectivity index (χ2v) is 9.43. The summed E-state index contributed by atoms with van der Waals surface area (Å²) in [7, 11) is 111. The van der Waals surface area contributed by atoms with Crippen LogP contribution in [0.3, 0.4) is 0 Å². The van der Waals surface area contributed by atoms with Gasteiger partial charge in [-0.05, 0) is 234 Å². The minimum absolute atomic E-state index is 0.829. The Labute approximate surface area is 247 Å². The van der Waals surface area contributed by atoms with E-state index in [1.165, 1.54) is 0 Å². The Bertz CT molecular complexity index is 480. The average Bonchev–Trinajstić information content (AvgIpc) is 2.62. The van der Waals surface area contributed by atoms with E-state index in [1.807, 2.05) is 0 Å². The zero-order valence-corrected chi connectivity index (χ0v) is 20.2. The molecule has 0 aliphatic rings. The van der Waals surface area contributed by atoms with Gasteiger partial charge in [-0.15, -0.1) is 0 Å². The van der Waals surface area contributed by atoms with Gasteiger partial charge in [0.1, 0.15) is 0 Å². The molecule has 0 fully saturated rings. The van der Waals surface area contributed by atoms with E-state index in [1.54, 1.807) is 7.06 Å². The molecule has 0 N–H and O–H groups in total. The van der Waals surface area contributed by atoms with E-state index >= 15 is 0 Å². The zero-order chi connectivity index (χ0) is 27.9. The Morgan fingerprint density at radius 1 is 0.314 bits per heavy atom. The highest BCUT2D eigenvalue weighted by Crippen LogP contribution is 2.11. The molecule has 0 heterocycles. The summed E-state index contributed by atoms with van der Waals surface area (Å²) in [5.41, 5.74) is 0. The minimum Gasteiger partial charge on any atom is -0.687 e. The molecule has 0 aliphatic heterocycles. The Kier molecular flexibility index (Phi) is 18.3. The quantitative estimate of drug-likeness (QED) is 0.234. The SMILES string of the molecule is [B]B([B])B(B([B])[B])B([B]B(B(B([B])[B])B([B])[B])B(B([B])[B])B(B([B])[B])B([B])[B-])B(B([B])[B])B([B])[B]. The van der Waals surface area contributed by atoms with Gasteiger partial charge in [-0.25, -0.2) is 6.39 Å². The summed E-state index contributed by atoms with van der Waals surface area (Å²) in [6.07, 6.45) is -15.5. The van der Waals surface area contributed by atoms with Crippen molar-refractivity contribution in [2.75, 3.05) is 0 Å². The van der Waals surface area contributed by atoms with Crippen molar-refractivity contribution >= 4 is 248 Å². The molecule has 38 radical (unpaired) electrons. The lowest BCUT2D eigenvalue weighted by Gasteiger charge is -2.49. The summed E-state index contributed by atoms with van der Waals surface area (Å²) in [5.74, 6) is 0. The van der Waals surface area contributed by atoms with Gasteiger partial charge in [0.05, 0.1) is 0 Å².